The molecule has 6 nitrogen and oxygen atoms in total. The Morgan fingerprint density at radius 3 is 2.68 bits per heavy atom. The number of benzene rings is 2. The molecule has 1 aliphatic heterocycles. The van der Waals surface area contributed by atoms with E-state index in [0.717, 1.165) is 5.56 Å². The lowest BCUT2D eigenvalue weighted by atomic mass is 10.1. The van der Waals surface area contributed by atoms with E-state index in [1.165, 1.54) is 29.2 Å². The lowest BCUT2D eigenvalue weighted by molar-refractivity contribution is -0.142. The van der Waals surface area contributed by atoms with Crippen LogP contribution in [0.4, 0.5) is 10.1 Å². The van der Waals surface area contributed by atoms with Gasteiger partial charge in [0.25, 0.3) is 5.91 Å². The number of ether oxygens (including phenoxy) is 2. The van der Waals surface area contributed by atoms with Crippen LogP contribution in [0, 0.1) is 5.82 Å². The number of amides is 1. The van der Waals surface area contributed by atoms with Gasteiger partial charge in [-0.25, -0.2) is 9.18 Å². The van der Waals surface area contributed by atoms with Gasteiger partial charge in [0.05, 0.1) is 29.4 Å². The number of morpholine rings is 1. The summed E-state index contributed by atoms with van der Waals surface area (Å²) in [6.07, 6.45) is -0.378. The highest BCUT2D eigenvalue weighted by Crippen LogP contribution is 2.28. The molecular formula is C19H17Cl2FN2O4. The van der Waals surface area contributed by atoms with E-state index in [1.54, 1.807) is 12.1 Å². The Bertz CT molecular complexity index is 892. The van der Waals surface area contributed by atoms with Gasteiger partial charge in [-0.1, -0.05) is 35.3 Å². The highest BCUT2D eigenvalue weighted by Gasteiger charge is 2.26. The Labute approximate surface area is 170 Å². The Balaban J connectivity index is 1.60. The largest absolute Gasteiger partial charge is 0.452 e. The van der Waals surface area contributed by atoms with Gasteiger partial charge in [-0.2, -0.15) is 0 Å². The minimum Gasteiger partial charge on any atom is -0.452 e. The molecule has 0 unspecified atom stereocenters. The van der Waals surface area contributed by atoms with Crippen LogP contribution in [-0.2, 0) is 14.3 Å². The van der Waals surface area contributed by atoms with E-state index in [1.807, 2.05) is 0 Å². The molecule has 1 aliphatic rings. The van der Waals surface area contributed by atoms with Crippen molar-refractivity contribution >= 4 is 40.8 Å². The molecule has 0 aromatic heterocycles. The molecule has 0 saturated carbocycles. The Hall–Kier alpha value is -2.35. The van der Waals surface area contributed by atoms with Gasteiger partial charge in [0, 0.05) is 11.6 Å². The van der Waals surface area contributed by atoms with E-state index in [4.69, 9.17) is 38.4 Å². The van der Waals surface area contributed by atoms with E-state index in [-0.39, 0.29) is 45.7 Å². The number of esters is 1. The van der Waals surface area contributed by atoms with E-state index in [9.17, 15) is 14.0 Å². The zero-order valence-electron chi connectivity index (χ0n) is 14.7. The van der Waals surface area contributed by atoms with Crippen molar-refractivity contribution in [1.29, 1.82) is 0 Å². The number of nitrogens with two attached hydrogens (primary N) is 1. The van der Waals surface area contributed by atoms with Crippen LogP contribution in [0.1, 0.15) is 22.0 Å². The van der Waals surface area contributed by atoms with E-state index in [2.05, 4.69) is 0 Å². The minimum atomic E-state index is -0.793. The van der Waals surface area contributed by atoms with Crippen molar-refractivity contribution in [1.82, 2.24) is 4.90 Å². The number of halogens is 3. The molecule has 1 heterocycles. The summed E-state index contributed by atoms with van der Waals surface area (Å²) in [6, 6.07) is 8.63. The zero-order chi connectivity index (χ0) is 20.3. The second-order valence-corrected chi connectivity index (χ2v) is 7.02. The molecule has 1 atom stereocenters. The first-order chi connectivity index (χ1) is 13.3. The maximum Gasteiger partial charge on any atom is 0.340 e. The fourth-order valence-electron chi connectivity index (χ4n) is 2.80. The summed E-state index contributed by atoms with van der Waals surface area (Å²) in [6.45, 7) is 0.490. The summed E-state index contributed by atoms with van der Waals surface area (Å²) in [5, 5.41) is 0.355. The van der Waals surface area contributed by atoms with Gasteiger partial charge in [0.2, 0.25) is 0 Å². The predicted octanol–water partition coefficient (Wildman–Crippen LogP) is 3.47. The van der Waals surface area contributed by atoms with Crippen molar-refractivity contribution in [2.75, 3.05) is 32.0 Å². The summed E-state index contributed by atoms with van der Waals surface area (Å²) in [5.74, 6) is -1.52. The van der Waals surface area contributed by atoms with Gasteiger partial charge in [0.15, 0.2) is 6.61 Å². The van der Waals surface area contributed by atoms with Crippen LogP contribution >= 0.6 is 23.2 Å². The Kier molecular flexibility index (Phi) is 6.39. The smallest absolute Gasteiger partial charge is 0.340 e. The van der Waals surface area contributed by atoms with Gasteiger partial charge in [-0.05, 0) is 29.8 Å². The molecule has 0 radical (unpaired) electrons. The average molecular weight is 427 g/mol. The third-order valence-corrected chi connectivity index (χ3v) is 4.83. The quantitative estimate of drug-likeness (QED) is 0.597. The summed E-state index contributed by atoms with van der Waals surface area (Å²) < 4.78 is 23.8. The van der Waals surface area contributed by atoms with Gasteiger partial charge >= 0.3 is 5.97 Å². The van der Waals surface area contributed by atoms with Crippen LogP contribution in [0.25, 0.3) is 0 Å². The van der Waals surface area contributed by atoms with Crippen LogP contribution in [-0.4, -0.2) is 43.1 Å². The molecule has 0 spiro atoms. The molecule has 9 heteroatoms. The van der Waals surface area contributed by atoms with Crippen molar-refractivity contribution in [3.8, 4) is 0 Å². The normalized spacial score (nSPS) is 16.7. The van der Waals surface area contributed by atoms with E-state index in [0.29, 0.717) is 13.2 Å². The molecule has 2 N–H and O–H groups in total. The molecule has 2 aromatic carbocycles. The van der Waals surface area contributed by atoms with Gasteiger partial charge < -0.3 is 20.1 Å². The van der Waals surface area contributed by atoms with E-state index >= 15 is 0 Å². The molecule has 148 valence electrons. The number of anilines is 1. The van der Waals surface area contributed by atoms with Gasteiger partial charge in [-0.3, -0.25) is 4.79 Å². The van der Waals surface area contributed by atoms with Crippen LogP contribution < -0.4 is 5.73 Å². The highest BCUT2D eigenvalue weighted by molar-refractivity contribution is 6.37. The zero-order valence-corrected chi connectivity index (χ0v) is 16.2. The lowest BCUT2D eigenvalue weighted by Crippen LogP contribution is -2.44. The molecule has 0 aliphatic carbocycles. The summed E-state index contributed by atoms with van der Waals surface area (Å²) in [4.78, 5) is 26.2. The van der Waals surface area contributed by atoms with Crippen molar-refractivity contribution in [2.24, 2.45) is 0 Å². The summed E-state index contributed by atoms with van der Waals surface area (Å²) >= 11 is 11.8. The number of rotatable bonds is 4. The third-order valence-electron chi connectivity index (χ3n) is 4.30. The molecule has 0 bridgehead atoms. The monoisotopic (exact) mass is 426 g/mol. The second kappa shape index (κ2) is 8.77. The number of nitrogens with zero attached hydrogens (tertiary/aromatic N) is 1. The van der Waals surface area contributed by atoms with E-state index < -0.39 is 12.6 Å². The number of hydrogen-bond acceptors (Lipinski definition) is 5. The van der Waals surface area contributed by atoms with Crippen molar-refractivity contribution < 1.29 is 23.5 Å². The average Bonchev–Trinajstić information content (AvgIpc) is 2.69. The minimum absolute atomic E-state index is 0.00327. The Morgan fingerprint density at radius 2 is 1.96 bits per heavy atom. The molecule has 1 fully saturated rings. The summed E-state index contributed by atoms with van der Waals surface area (Å²) in [7, 11) is 0. The van der Waals surface area contributed by atoms with Crippen molar-refractivity contribution in [2.45, 2.75) is 6.10 Å². The predicted molar refractivity (Wildman–Crippen MR) is 103 cm³/mol. The molecule has 1 saturated heterocycles. The number of hydrogen-bond donors (Lipinski definition) is 1. The summed E-state index contributed by atoms with van der Waals surface area (Å²) in [5.41, 5.74) is 6.56. The van der Waals surface area contributed by atoms with Crippen LogP contribution in [0.15, 0.2) is 36.4 Å². The number of nitrogen functional groups attached to an aromatic ring is 1. The SMILES string of the molecule is Nc1c(Cl)cc(Cl)cc1C(=O)OCC(=O)N1CCO[C@@H](c2ccc(F)cc2)C1. The fraction of sp³-hybridized carbons (Fsp3) is 0.263. The standard InChI is InChI=1S/C19H17Cl2FN2O4/c20-12-7-14(18(23)15(21)8-12)19(26)28-10-17(25)24-5-6-27-16(9-24)11-1-3-13(22)4-2-11/h1-4,7-8,16H,5-6,9-10,23H2/t16-/m1/s1. The Morgan fingerprint density at radius 1 is 1.25 bits per heavy atom. The molecule has 2 aromatic rings. The first-order valence-electron chi connectivity index (χ1n) is 8.41. The molecule has 28 heavy (non-hydrogen) atoms. The maximum atomic E-state index is 13.1. The first kappa shape index (κ1) is 20.4. The van der Waals surface area contributed by atoms with Crippen LogP contribution in [0.5, 0.6) is 0 Å². The third kappa shape index (κ3) is 4.73. The van der Waals surface area contributed by atoms with Crippen molar-refractivity contribution in [3.63, 3.8) is 0 Å². The molecule has 3 rings (SSSR count). The second-order valence-electron chi connectivity index (χ2n) is 6.18. The van der Waals surface area contributed by atoms with Crippen LogP contribution in [0.3, 0.4) is 0 Å². The highest BCUT2D eigenvalue weighted by atomic mass is 35.5. The number of carbonyl (C=O) groups is 2. The van der Waals surface area contributed by atoms with Gasteiger partial charge in [0.1, 0.15) is 11.9 Å². The fourth-order valence-corrected chi connectivity index (χ4v) is 3.30. The lowest BCUT2D eigenvalue weighted by Gasteiger charge is -2.33. The van der Waals surface area contributed by atoms with Gasteiger partial charge in [-0.15, -0.1) is 0 Å². The first-order valence-corrected chi connectivity index (χ1v) is 9.17. The van der Waals surface area contributed by atoms with Crippen molar-refractivity contribution in [3.05, 3.63) is 63.4 Å². The number of carbonyl (C=O) groups excluding carboxylic acids is 2. The maximum absolute atomic E-state index is 13.1. The molecule has 1 amide bonds. The topological polar surface area (TPSA) is 81.9 Å². The van der Waals surface area contributed by atoms with Crippen LogP contribution in [0.2, 0.25) is 10.0 Å². The molecular weight excluding hydrogens is 410 g/mol.